The van der Waals surface area contributed by atoms with Crippen molar-refractivity contribution in [3.8, 4) is 11.5 Å². The van der Waals surface area contributed by atoms with Gasteiger partial charge in [-0.2, -0.15) is 0 Å². The molecule has 2 unspecified atom stereocenters. The minimum absolute atomic E-state index is 0.0456. The van der Waals surface area contributed by atoms with Crippen molar-refractivity contribution in [2.45, 2.75) is 57.2 Å². The molecule has 19 heteroatoms. The second-order valence-electron chi connectivity index (χ2n) is 9.76. The number of carbonyl (C=O) groups excluding carboxylic acids is 4. The molecule has 0 spiro atoms. The van der Waals surface area contributed by atoms with Crippen LogP contribution in [0.5, 0.6) is 11.5 Å². The average molecular weight is 671 g/mol. The normalized spacial score (nSPS) is 20.8. The van der Waals surface area contributed by atoms with Crippen LogP contribution in [0.15, 0.2) is 17.2 Å². The summed E-state index contributed by atoms with van der Waals surface area (Å²) in [4.78, 5) is 64.5. The van der Waals surface area contributed by atoms with Crippen molar-refractivity contribution in [3.63, 3.8) is 0 Å². The molecule has 2 bridgehead atoms. The number of azide groups is 1. The smallest absolute Gasteiger partial charge is 0.306 e. The predicted octanol–water partition coefficient (Wildman–Crippen LogP) is 2.64. The van der Waals surface area contributed by atoms with Crippen molar-refractivity contribution < 1.29 is 38.3 Å². The van der Waals surface area contributed by atoms with Gasteiger partial charge in [0.2, 0.25) is 17.5 Å². The Morgan fingerprint density at radius 1 is 1.29 bits per heavy atom. The highest BCUT2D eigenvalue weighted by molar-refractivity contribution is 8.76. The molecular formula is C26H38N8O9S2. The Morgan fingerprint density at radius 2 is 2.07 bits per heavy atom. The second kappa shape index (κ2) is 19.5. The fraction of sp³-hybridized carbons (Fsp3) is 0.615. The summed E-state index contributed by atoms with van der Waals surface area (Å²) in [5.41, 5.74) is 12.0. The van der Waals surface area contributed by atoms with Crippen LogP contribution in [0.4, 0.5) is 5.69 Å². The van der Waals surface area contributed by atoms with Gasteiger partial charge in [0, 0.05) is 43.0 Å². The van der Waals surface area contributed by atoms with Crippen molar-refractivity contribution in [3.05, 3.63) is 38.3 Å². The molecule has 0 fully saturated rings. The third-order valence-electron chi connectivity index (χ3n) is 6.37. The van der Waals surface area contributed by atoms with Gasteiger partial charge in [0.05, 0.1) is 36.0 Å². The van der Waals surface area contributed by atoms with E-state index in [4.69, 9.17) is 25.5 Å². The molecule has 17 nitrogen and oxygen atoms in total. The highest BCUT2D eigenvalue weighted by Crippen LogP contribution is 2.38. The minimum Gasteiger partial charge on any atom is -0.493 e. The SMILES string of the molecule is COc1cc2c([N+](=O)[O-])cc1OCCCC(=O)NC(NC(=O)CCCN=[N+]=[N-])(C(N)=O)CSSCCNCCCC(=O)OC2C. The lowest BCUT2D eigenvalue weighted by atomic mass is 10.1. The van der Waals surface area contributed by atoms with Crippen molar-refractivity contribution in [1.82, 2.24) is 16.0 Å². The van der Waals surface area contributed by atoms with Crippen molar-refractivity contribution >= 4 is 51.0 Å². The van der Waals surface area contributed by atoms with Gasteiger partial charge in [-0.15, -0.1) is 0 Å². The Kier molecular flexibility index (Phi) is 16.1. The molecule has 0 saturated heterocycles. The number of nitro benzene ring substituents is 1. The maximum Gasteiger partial charge on any atom is 0.306 e. The van der Waals surface area contributed by atoms with E-state index in [0.717, 1.165) is 0 Å². The van der Waals surface area contributed by atoms with Crippen molar-refractivity contribution in [2.75, 3.05) is 44.9 Å². The Morgan fingerprint density at radius 3 is 2.76 bits per heavy atom. The number of amides is 3. The third kappa shape index (κ3) is 12.5. The number of ether oxygens (including phenoxy) is 3. The van der Waals surface area contributed by atoms with Gasteiger partial charge in [-0.1, -0.05) is 26.7 Å². The molecule has 3 rings (SSSR count). The summed E-state index contributed by atoms with van der Waals surface area (Å²) in [6.07, 6.45) is -0.232. The summed E-state index contributed by atoms with van der Waals surface area (Å²) in [6, 6.07) is 2.55. The van der Waals surface area contributed by atoms with Crippen LogP contribution < -0.4 is 31.2 Å². The second-order valence-corrected chi connectivity index (χ2v) is 12.3. The maximum absolute atomic E-state index is 13.0. The zero-order valence-corrected chi connectivity index (χ0v) is 26.7. The number of hydrogen-bond acceptors (Lipinski definition) is 13. The number of hydrogen-bond donors (Lipinski definition) is 4. The van der Waals surface area contributed by atoms with Gasteiger partial charge in [-0.05, 0) is 44.3 Å². The summed E-state index contributed by atoms with van der Waals surface area (Å²) in [5, 5.41) is 23.5. The predicted molar refractivity (Wildman–Crippen MR) is 167 cm³/mol. The van der Waals surface area contributed by atoms with E-state index in [1.54, 1.807) is 0 Å². The number of methoxy groups -OCH3 is 1. The third-order valence-corrected chi connectivity index (χ3v) is 8.81. The first-order valence-electron chi connectivity index (χ1n) is 14.1. The lowest BCUT2D eigenvalue weighted by Crippen LogP contribution is -2.69. The molecule has 248 valence electrons. The lowest BCUT2D eigenvalue weighted by Gasteiger charge is -2.32. The largest absolute Gasteiger partial charge is 0.493 e. The summed E-state index contributed by atoms with van der Waals surface area (Å²) in [6.45, 7) is 2.61. The van der Waals surface area contributed by atoms with Crippen LogP contribution >= 0.6 is 21.6 Å². The lowest BCUT2D eigenvalue weighted by molar-refractivity contribution is -0.386. The van der Waals surface area contributed by atoms with E-state index < -0.39 is 40.4 Å². The number of primary amides is 1. The van der Waals surface area contributed by atoms with Crippen LogP contribution in [0.2, 0.25) is 0 Å². The van der Waals surface area contributed by atoms with Gasteiger partial charge in [0.1, 0.15) is 6.10 Å². The number of benzene rings is 1. The fourth-order valence-corrected chi connectivity index (χ4v) is 6.37. The van der Waals surface area contributed by atoms with E-state index in [2.05, 4.69) is 26.0 Å². The molecule has 0 aromatic heterocycles. The Hall–Kier alpha value is -3.93. The van der Waals surface area contributed by atoms with Gasteiger partial charge >= 0.3 is 5.97 Å². The summed E-state index contributed by atoms with van der Waals surface area (Å²) in [7, 11) is 3.97. The number of nitrogens with zero attached hydrogens (tertiary/aromatic N) is 4. The molecule has 2 atom stereocenters. The van der Waals surface area contributed by atoms with Gasteiger partial charge in [0.15, 0.2) is 11.5 Å². The van der Waals surface area contributed by atoms with Crippen molar-refractivity contribution in [2.24, 2.45) is 10.8 Å². The highest BCUT2D eigenvalue weighted by Gasteiger charge is 2.40. The van der Waals surface area contributed by atoms with Crippen LogP contribution in [0.25, 0.3) is 10.4 Å². The van der Waals surface area contributed by atoms with E-state index in [0.29, 0.717) is 25.3 Å². The maximum atomic E-state index is 13.0. The average Bonchev–Trinajstić information content (AvgIpc) is 2.99. The molecule has 2 aliphatic heterocycles. The van der Waals surface area contributed by atoms with Crippen LogP contribution in [0.1, 0.15) is 57.1 Å². The van der Waals surface area contributed by atoms with Crippen LogP contribution in [-0.2, 0) is 23.9 Å². The fourth-order valence-electron chi connectivity index (χ4n) is 4.09. The first-order chi connectivity index (χ1) is 21.5. The molecule has 45 heavy (non-hydrogen) atoms. The molecule has 0 aliphatic carbocycles. The molecule has 5 N–H and O–H groups in total. The first kappa shape index (κ1) is 37.3. The van der Waals surface area contributed by atoms with Gasteiger partial charge in [0.25, 0.3) is 11.6 Å². The van der Waals surface area contributed by atoms with Crippen LogP contribution in [0, 0.1) is 10.1 Å². The van der Waals surface area contributed by atoms with E-state index >= 15 is 0 Å². The summed E-state index contributed by atoms with van der Waals surface area (Å²) >= 11 is 0. The van der Waals surface area contributed by atoms with E-state index in [-0.39, 0.29) is 73.8 Å². The number of nitrogens with one attached hydrogen (secondary N) is 3. The van der Waals surface area contributed by atoms with Crippen molar-refractivity contribution in [1.29, 1.82) is 0 Å². The number of esters is 1. The molecule has 1 aromatic rings. The Labute approximate surface area is 267 Å². The minimum atomic E-state index is -1.90. The molecule has 2 heterocycles. The number of rotatable bonds is 8. The van der Waals surface area contributed by atoms with E-state index in [9.17, 15) is 29.3 Å². The molecular weight excluding hydrogens is 632 g/mol. The molecule has 2 aliphatic rings. The summed E-state index contributed by atoms with van der Waals surface area (Å²) in [5.74, 6) is -1.92. The number of nitrogens with two attached hydrogens (primary N) is 1. The van der Waals surface area contributed by atoms with Gasteiger partial charge in [-0.25, -0.2) is 0 Å². The monoisotopic (exact) mass is 670 g/mol. The van der Waals surface area contributed by atoms with Crippen LogP contribution in [0.3, 0.4) is 0 Å². The zero-order valence-electron chi connectivity index (χ0n) is 25.1. The number of carbonyl (C=O) groups is 4. The quantitative estimate of drug-likeness (QED) is 0.0455. The number of fused-ring (bicyclic) bond motifs is 20. The summed E-state index contributed by atoms with van der Waals surface area (Å²) < 4.78 is 16.5. The molecule has 0 radical (unpaired) electrons. The van der Waals surface area contributed by atoms with E-state index in [1.807, 2.05) is 0 Å². The Bertz CT molecular complexity index is 1270. The van der Waals surface area contributed by atoms with Gasteiger partial charge < -0.3 is 35.9 Å². The topological polar surface area (TPSA) is 250 Å². The van der Waals surface area contributed by atoms with Crippen LogP contribution in [-0.4, -0.2) is 79.1 Å². The van der Waals surface area contributed by atoms with E-state index in [1.165, 1.54) is 47.8 Å². The zero-order chi connectivity index (χ0) is 33.2. The van der Waals surface area contributed by atoms with Gasteiger partial charge in [-0.3, -0.25) is 29.3 Å². The molecule has 0 saturated carbocycles. The highest BCUT2D eigenvalue weighted by atomic mass is 33.1. The molecule has 3 amide bonds. The Balaban J connectivity index is 2.26. The molecule has 1 aromatic carbocycles. The standard InChI is InChI=1S/C26H38N8O9S2/c1-17-18-14-20(41-2)21(15-19(18)34(39)40)42-12-5-7-23(36)32-26(25(27)38,31-22(35)6-3-10-30-33-28)16-45-44-13-11-29-9-4-8-24(37)43-17/h14-15,17,29H,3-13,16H2,1-2H3,(H2,27,38)(H,31,35)(H,32,36). The number of nitro groups is 1. The first-order valence-corrected chi connectivity index (χ1v) is 16.6.